The molecular weight excluding hydrogens is 176 g/mol. The van der Waals surface area contributed by atoms with Gasteiger partial charge in [0.1, 0.15) is 0 Å². The number of hydrogen-bond acceptors (Lipinski definition) is 2. The predicted octanol–water partition coefficient (Wildman–Crippen LogP) is 0.556. The molecular formula is C11H14N2O. The maximum absolute atomic E-state index is 11.6. The molecule has 1 fully saturated rings. The molecule has 1 saturated heterocycles. The summed E-state index contributed by atoms with van der Waals surface area (Å²) in [6.07, 6.45) is 6.50. The summed E-state index contributed by atoms with van der Waals surface area (Å²) in [6.45, 7) is 1.76. The van der Waals surface area contributed by atoms with Gasteiger partial charge in [-0.25, -0.2) is 0 Å². The molecule has 0 aromatic carbocycles. The largest absolute Gasteiger partial charge is 0.388 e. The van der Waals surface area contributed by atoms with Crippen molar-refractivity contribution in [2.75, 3.05) is 13.1 Å². The van der Waals surface area contributed by atoms with Crippen LogP contribution in [-0.2, 0) is 4.79 Å². The van der Waals surface area contributed by atoms with E-state index in [9.17, 15) is 4.79 Å². The van der Waals surface area contributed by atoms with Gasteiger partial charge in [0.05, 0.1) is 5.92 Å². The lowest BCUT2D eigenvalue weighted by atomic mass is 9.79. The van der Waals surface area contributed by atoms with E-state index in [0.717, 1.165) is 13.0 Å². The highest BCUT2D eigenvalue weighted by atomic mass is 16.1. The molecule has 3 aliphatic rings. The van der Waals surface area contributed by atoms with E-state index in [0.29, 0.717) is 12.5 Å². The van der Waals surface area contributed by atoms with Crippen molar-refractivity contribution in [1.82, 2.24) is 10.6 Å². The minimum Gasteiger partial charge on any atom is -0.388 e. The maximum atomic E-state index is 11.6. The van der Waals surface area contributed by atoms with Crippen molar-refractivity contribution in [3.05, 3.63) is 23.4 Å². The Balaban J connectivity index is 1.98. The van der Waals surface area contributed by atoms with Gasteiger partial charge in [-0.05, 0) is 24.5 Å². The van der Waals surface area contributed by atoms with Crippen LogP contribution >= 0.6 is 0 Å². The summed E-state index contributed by atoms with van der Waals surface area (Å²) in [5.74, 6) is 0.933. The van der Waals surface area contributed by atoms with E-state index >= 15 is 0 Å². The van der Waals surface area contributed by atoms with E-state index in [4.69, 9.17) is 0 Å². The van der Waals surface area contributed by atoms with E-state index < -0.39 is 0 Å². The first-order valence-corrected chi connectivity index (χ1v) is 5.28. The quantitative estimate of drug-likeness (QED) is 0.586. The van der Waals surface area contributed by atoms with Crippen LogP contribution in [0.1, 0.15) is 12.8 Å². The van der Waals surface area contributed by atoms with Gasteiger partial charge in [-0.15, -0.1) is 0 Å². The Morgan fingerprint density at radius 1 is 1.36 bits per heavy atom. The second kappa shape index (κ2) is 2.87. The highest BCUT2D eigenvalue weighted by molar-refractivity contribution is 5.84. The van der Waals surface area contributed by atoms with Crippen LogP contribution in [0.25, 0.3) is 0 Å². The number of allylic oxidation sites excluding steroid dienone is 2. The van der Waals surface area contributed by atoms with Crippen molar-refractivity contribution in [1.29, 1.82) is 0 Å². The van der Waals surface area contributed by atoms with Gasteiger partial charge in [0.2, 0.25) is 5.91 Å². The Hall–Kier alpha value is -1.25. The fourth-order valence-electron chi connectivity index (χ4n) is 2.66. The van der Waals surface area contributed by atoms with Crippen molar-refractivity contribution in [3.8, 4) is 0 Å². The van der Waals surface area contributed by atoms with Crippen molar-refractivity contribution < 1.29 is 4.79 Å². The van der Waals surface area contributed by atoms with E-state index in [1.807, 2.05) is 0 Å². The highest BCUT2D eigenvalue weighted by Crippen LogP contribution is 2.37. The molecule has 14 heavy (non-hydrogen) atoms. The van der Waals surface area contributed by atoms with Gasteiger partial charge in [0.15, 0.2) is 0 Å². The Bertz CT molecular complexity index is 343. The third-order valence-corrected chi connectivity index (χ3v) is 3.44. The number of carbonyl (C=O) groups is 1. The Labute approximate surface area is 83.3 Å². The zero-order valence-electron chi connectivity index (χ0n) is 8.05. The second-order valence-corrected chi connectivity index (χ2v) is 4.25. The smallest absolute Gasteiger partial charge is 0.227 e. The molecule has 1 amide bonds. The third-order valence-electron chi connectivity index (χ3n) is 3.44. The van der Waals surface area contributed by atoms with Crippen LogP contribution in [0.3, 0.4) is 0 Å². The first kappa shape index (κ1) is 8.09. The summed E-state index contributed by atoms with van der Waals surface area (Å²) in [5, 5.41) is 6.29. The van der Waals surface area contributed by atoms with E-state index in [-0.39, 0.29) is 11.8 Å². The van der Waals surface area contributed by atoms with E-state index in [1.165, 1.54) is 17.7 Å². The molecule has 1 aliphatic carbocycles. The Kier molecular flexibility index (Phi) is 1.66. The molecule has 0 radical (unpaired) electrons. The lowest BCUT2D eigenvalue weighted by Crippen LogP contribution is -2.38. The summed E-state index contributed by atoms with van der Waals surface area (Å²) in [4.78, 5) is 11.6. The average molecular weight is 190 g/mol. The molecule has 2 atom stereocenters. The zero-order chi connectivity index (χ0) is 9.54. The van der Waals surface area contributed by atoms with Gasteiger partial charge < -0.3 is 10.6 Å². The fraction of sp³-hybridized carbons (Fsp3) is 0.545. The fourth-order valence-corrected chi connectivity index (χ4v) is 2.66. The predicted molar refractivity (Wildman–Crippen MR) is 53.4 cm³/mol. The van der Waals surface area contributed by atoms with Gasteiger partial charge in [-0.1, -0.05) is 6.08 Å². The number of rotatable bonds is 0. The summed E-state index contributed by atoms with van der Waals surface area (Å²) < 4.78 is 0. The molecule has 0 aromatic heterocycles. The van der Waals surface area contributed by atoms with Gasteiger partial charge in [0.25, 0.3) is 0 Å². The maximum Gasteiger partial charge on any atom is 0.227 e. The standard InChI is InChI=1S/C11H14N2O/c14-11-9-5-8-2-3-12-10(8)6-7(9)1-4-13-11/h1,6,8-9,12H,2-5H2,(H,13,14). The van der Waals surface area contributed by atoms with Crippen LogP contribution < -0.4 is 10.6 Å². The lowest BCUT2D eigenvalue weighted by molar-refractivity contribution is -0.124. The highest BCUT2D eigenvalue weighted by Gasteiger charge is 2.35. The zero-order valence-corrected chi connectivity index (χ0v) is 8.05. The van der Waals surface area contributed by atoms with Crippen LogP contribution in [0.2, 0.25) is 0 Å². The molecule has 2 unspecified atom stereocenters. The molecule has 2 heterocycles. The van der Waals surface area contributed by atoms with E-state index in [1.54, 1.807) is 0 Å². The summed E-state index contributed by atoms with van der Waals surface area (Å²) in [7, 11) is 0. The normalized spacial score (nSPS) is 34.7. The monoisotopic (exact) mass is 190 g/mol. The second-order valence-electron chi connectivity index (χ2n) is 4.25. The number of amides is 1. The molecule has 3 nitrogen and oxygen atoms in total. The summed E-state index contributed by atoms with van der Waals surface area (Å²) in [5.41, 5.74) is 2.57. The molecule has 0 saturated carbocycles. The van der Waals surface area contributed by atoms with Crippen LogP contribution in [0, 0.1) is 11.8 Å². The lowest BCUT2D eigenvalue weighted by Gasteiger charge is -2.29. The molecule has 0 spiro atoms. The van der Waals surface area contributed by atoms with E-state index in [2.05, 4.69) is 22.8 Å². The molecule has 0 aromatic rings. The van der Waals surface area contributed by atoms with Gasteiger partial charge in [-0.2, -0.15) is 0 Å². The minimum absolute atomic E-state index is 0.123. The number of hydrogen-bond donors (Lipinski definition) is 2. The molecule has 74 valence electrons. The Morgan fingerprint density at radius 2 is 2.29 bits per heavy atom. The number of nitrogens with one attached hydrogen (secondary N) is 2. The molecule has 2 N–H and O–H groups in total. The van der Waals surface area contributed by atoms with Crippen LogP contribution in [0.5, 0.6) is 0 Å². The summed E-state index contributed by atoms with van der Waals surface area (Å²) in [6, 6.07) is 0. The average Bonchev–Trinajstić information content (AvgIpc) is 2.62. The molecule has 0 bridgehead atoms. The van der Waals surface area contributed by atoms with Crippen molar-refractivity contribution in [2.24, 2.45) is 11.8 Å². The van der Waals surface area contributed by atoms with Gasteiger partial charge in [0, 0.05) is 24.7 Å². The van der Waals surface area contributed by atoms with Crippen molar-refractivity contribution in [2.45, 2.75) is 12.8 Å². The number of carbonyl (C=O) groups excluding carboxylic acids is 1. The molecule has 2 aliphatic heterocycles. The van der Waals surface area contributed by atoms with Gasteiger partial charge >= 0.3 is 0 Å². The van der Waals surface area contributed by atoms with Gasteiger partial charge in [-0.3, -0.25) is 4.79 Å². The van der Waals surface area contributed by atoms with Crippen molar-refractivity contribution >= 4 is 5.91 Å². The topological polar surface area (TPSA) is 41.1 Å². The first-order chi connectivity index (χ1) is 6.84. The minimum atomic E-state index is 0.123. The summed E-state index contributed by atoms with van der Waals surface area (Å²) >= 11 is 0. The third kappa shape index (κ3) is 1.08. The SMILES string of the molecule is O=C1NCC=C2C=C3NCCC3CC12. The number of fused-ring (bicyclic) bond motifs is 2. The first-order valence-electron chi connectivity index (χ1n) is 5.28. The van der Waals surface area contributed by atoms with Crippen LogP contribution in [0.15, 0.2) is 23.4 Å². The van der Waals surface area contributed by atoms with Crippen LogP contribution in [0.4, 0.5) is 0 Å². The van der Waals surface area contributed by atoms with Crippen molar-refractivity contribution in [3.63, 3.8) is 0 Å². The molecule has 3 heteroatoms. The molecule has 3 rings (SSSR count). The van der Waals surface area contributed by atoms with Crippen LogP contribution in [-0.4, -0.2) is 19.0 Å². The Morgan fingerprint density at radius 3 is 3.21 bits per heavy atom.